The van der Waals surface area contributed by atoms with E-state index in [0.717, 1.165) is 22.0 Å². The molecule has 130 valence electrons. The largest absolute Gasteiger partial charge is 0.349 e. The third-order valence-electron chi connectivity index (χ3n) is 4.11. The summed E-state index contributed by atoms with van der Waals surface area (Å²) in [5, 5.41) is 12.9. The highest BCUT2D eigenvalue weighted by molar-refractivity contribution is 7.99. The molecule has 0 saturated carbocycles. The molecule has 0 aliphatic carbocycles. The van der Waals surface area contributed by atoms with E-state index in [9.17, 15) is 4.79 Å². The van der Waals surface area contributed by atoms with Gasteiger partial charge in [0.1, 0.15) is 5.52 Å². The number of amides is 1. The Kier molecular flexibility index (Phi) is 4.53. The predicted octanol–water partition coefficient (Wildman–Crippen LogP) is 3.48. The molecule has 0 spiro atoms. The SMILES string of the molecule is C[C@@H](NC(=O)CSc1nnc2c(n1)[nH]c1ccccc12)c1ccccc1. The molecule has 7 heteroatoms. The second-order valence-corrected chi connectivity index (χ2v) is 6.89. The summed E-state index contributed by atoms with van der Waals surface area (Å²) in [6.07, 6.45) is 0. The summed E-state index contributed by atoms with van der Waals surface area (Å²) in [4.78, 5) is 19.9. The maximum atomic E-state index is 12.2. The van der Waals surface area contributed by atoms with Crippen molar-refractivity contribution < 1.29 is 4.79 Å². The molecule has 6 nitrogen and oxygen atoms in total. The van der Waals surface area contributed by atoms with Crippen LogP contribution in [0.5, 0.6) is 0 Å². The molecule has 4 rings (SSSR count). The van der Waals surface area contributed by atoms with Crippen LogP contribution in [-0.2, 0) is 4.79 Å². The van der Waals surface area contributed by atoms with Crippen molar-refractivity contribution in [1.82, 2.24) is 25.5 Å². The van der Waals surface area contributed by atoms with Gasteiger partial charge in [-0.3, -0.25) is 4.79 Å². The zero-order valence-electron chi connectivity index (χ0n) is 14.1. The van der Waals surface area contributed by atoms with Crippen LogP contribution in [0, 0.1) is 0 Å². The van der Waals surface area contributed by atoms with E-state index in [0.29, 0.717) is 10.8 Å². The number of nitrogens with one attached hydrogen (secondary N) is 2. The number of para-hydroxylation sites is 1. The molecule has 0 saturated heterocycles. The van der Waals surface area contributed by atoms with E-state index in [2.05, 4.69) is 25.5 Å². The van der Waals surface area contributed by atoms with Gasteiger partial charge >= 0.3 is 0 Å². The fourth-order valence-electron chi connectivity index (χ4n) is 2.81. The average Bonchev–Trinajstić information content (AvgIpc) is 3.05. The number of fused-ring (bicyclic) bond motifs is 3. The van der Waals surface area contributed by atoms with E-state index in [1.807, 2.05) is 61.5 Å². The average molecular weight is 363 g/mol. The van der Waals surface area contributed by atoms with Gasteiger partial charge in [0.25, 0.3) is 0 Å². The van der Waals surface area contributed by atoms with Crippen LogP contribution in [0.25, 0.3) is 22.1 Å². The molecule has 2 aromatic carbocycles. The summed E-state index contributed by atoms with van der Waals surface area (Å²) in [5.41, 5.74) is 3.47. The third kappa shape index (κ3) is 3.39. The molecule has 0 aliphatic heterocycles. The van der Waals surface area contributed by atoms with Crippen molar-refractivity contribution in [3.05, 3.63) is 60.2 Å². The Morgan fingerprint density at radius 2 is 1.88 bits per heavy atom. The van der Waals surface area contributed by atoms with Crippen LogP contribution in [0.1, 0.15) is 18.5 Å². The van der Waals surface area contributed by atoms with Crippen LogP contribution < -0.4 is 5.32 Å². The van der Waals surface area contributed by atoms with Crippen molar-refractivity contribution in [2.45, 2.75) is 18.1 Å². The number of aromatic nitrogens is 4. The first-order valence-electron chi connectivity index (χ1n) is 8.29. The smallest absolute Gasteiger partial charge is 0.230 e. The van der Waals surface area contributed by atoms with E-state index in [1.54, 1.807) is 0 Å². The monoisotopic (exact) mass is 363 g/mol. The van der Waals surface area contributed by atoms with Crippen LogP contribution in [0.4, 0.5) is 0 Å². The Morgan fingerprint density at radius 3 is 2.73 bits per heavy atom. The number of hydrogen-bond donors (Lipinski definition) is 2. The van der Waals surface area contributed by atoms with Crippen molar-refractivity contribution in [3.63, 3.8) is 0 Å². The zero-order chi connectivity index (χ0) is 17.9. The van der Waals surface area contributed by atoms with Gasteiger partial charge in [0.15, 0.2) is 5.65 Å². The molecule has 26 heavy (non-hydrogen) atoms. The summed E-state index contributed by atoms with van der Waals surface area (Å²) in [7, 11) is 0. The number of H-pyrrole nitrogens is 1. The highest BCUT2D eigenvalue weighted by Gasteiger charge is 2.12. The number of rotatable bonds is 5. The number of aromatic amines is 1. The van der Waals surface area contributed by atoms with Crippen molar-refractivity contribution in [2.24, 2.45) is 0 Å². The van der Waals surface area contributed by atoms with Crippen LogP contribution >= 0.6 is 11.8 Å². The standard InChI is InChI=1S/C19H17N5OS/c1-12(13-7-3-2-4-8-13)20-16(25)11-26-19-22-18-17(23-24-19)14-9-5-6-10-15(14)21-18/h2-10,12H,11H2,1H3,(H,20,25)(H,21,22,24)/t12-/m1/s1. The fraction of sp³-hybridized carbons (Fsp3) is 0.158. The molecular formula is C19H17N5OS. The lowest BCUT2D eigenvalue weighted by Crippen LogP contribution is -2.28. The van der Waals surface area contributed by atoms with Crippen molar-refractivity contribution in [1.29, 1.82) is 0 Å². The minimum Gasteiger partial charge on any atom is -0.349 e. The Bertz CT molecular complexity index is 1060. The predicted molar refractivity (Wildman–Crippen MR) is 103 cm³/mol. The number of carbonyl (C=O) groups excluding carboxylic acids is 1. The van der Waals surface area contributed by atoms with Crippen LogP contribution in [0.15, 0.2) is 59.8 Å². The van der Waals surface area contributed by atoms with Gasteiger partial charge in [0.2, 0.25) is 11.1 Å². The molecule has 0 bridgehead atoms. The summed E-state index contributed by atoms with van der Waals surface area (Å²) in [6.45, 7) is 1.96. The molecule has 0 fully saturated rings. The van der Waals surface area contributed by atoms with E-state index in [1.165, 1.54) is 11.8 Å². The van der Waals surface area contributed by atoms with Crippen molar-refractivity contribution in [2.75, 3.05) is 5.75 Å². The van der Waals surface area contributed by atoms with E-state index < -0.39 is 0 Å². The van der Waals surface area contributed by atoms with Crippen molar-refractivity contribution >= 4 is 39.7 Å². The van der Waals surface area contributed by atoms with Gasteiger partial charge in [-0.25, -0.2) is 4.98 Å². The van der Waals surface area contributed by atoms with Crippen LogP contribution in [0.3, 0.4) is 0 Å². The number of thioether (sulfide) groups is 1. The second-order valence-electron chi connectivity index (χ2n) is 5.95. The molecule has 1 amide bonds. The van der Waals surface area contributed by atoms with Crippen molar-refractivity contribution in [3.8, 4) is 0 Å². The lowest BCUT2D eigenvalue weighted by Gasteiger charge is -2.13. The Morgan fingerprint density at radius 1 is 1.12 bits per heavy atom. The van der Waals surface area contributed by atoms with Gasteiger partial charge < -0.3 is 10.3 Å². The van der Waals surface area contributed by atoms with Gasteiger partial charge in [-0.15, -0.1) is 10.2 Å². The Hall–Kier alpha value is -2.93. The summed E-state index contributed by atoms with van der Waals surface area (Å²) in [6, 6.07) is 17.7. The molecular weight excluding hydrogens is 346 g/mol. The minimum atomic E-state index is -0.0632. The number of carbonyl (C=O) groups is 1. The summed E-state index contributed by atoms with van der Waals surface area (Å²) >= 11 is 1.27. The van der Waals surface area contributed by atoms with E-state index in [-0.39, 0.29) is 17.7 Å². The first-order chi connectivity index (χ1) is 12.7. The molecule has 0 unspecified atom stereocenters. The molecule has 2 heterocycles. The molecule has 1 atom stereocenters. The topological polar surface area (TPSA) is 83.6 Å². The highest BCUT2D eigenvalue weighted by atomic mass is 32.2. The summed E-state index contributed by atoms with van der Waals surface area (Å²) in [5.74, 6) is 0.177. The Labute approximate surface area is 154 Å². The van der Waals surface area contributed by atoms with E-state index >= 15 is 0 Å². The number of benzene rings is 2. The first-order valence-corrected chi connectivity index (χ1v) is 9.27. The zero-order valence-corrected chi connectivity index (χ0v) is 15.0. The van der Waals surface area contributed by atoms with Gasteiger partial charge in [0.05, 0.1) is 11.8 Å². The van der Waals surface area contributed by atoms with Gasteiger partial charge in [-0.1, -0.05) is 60.3 Å². The molecule has 4 aromatic rings. The maximum absolute atomic E-state index is 12.2. The summed E-state index contributed by atoms with van der Waals surface area (Å²) < 4.78 is 0. The second kappa shape index (κ2) is 7.13. The Balaban J connectivity index is 1.42. The van der Waals surface area contributed by atoms with Gasteiger partial charge in [0, 0.05) is 10.9 Å². The molecule has 0 radical (unpaired) electrons. The fourth-order valence-corrected chi connectivity index (χ4v) is 3.40. The lowest BCUT2D eigenvalue weighted by atomic mass is 10.1. The quantitative estimate of drug-likeness (QED) is 0.531. The molecule has 0 aliphatic rings. The van der Waals surface area contributed by atoms with Gasteiger partial charge in [-0.2, -0.15) is 0 Å². The highest BCUT2D eigenvalue weighted by Crippen LogP contribution is 2.23. The lowest BCUT2D eigenvalue weighted by molar-refractivity contribution is -0.119. The molecule has 2 aromatic heterocycles. The van der Waals surface area contributed by atoms with E-state index in [4.69, 9.17) is 0 Å². The third-order valence-corrected chi connectivity index (χ3v) is 4.95. The minimum absolute atomic E-state index is 0.0421. The number of nitrogens with zero attached hydrogens (tertiary/aromatic N) is 3. The van der Waals surface area contributed by atoms with Crippen LogP contribution in [0.2, 0.25) is 0 Å². The van der Waals surface area contributed by atoms with Gasteiger partial charge in [-0.05, 0) is 18.6 Å². The molecule has 2 N–H and O–H groups in total. The maximum Gasteiger partial charge on any atom is 0.230 e. The normalized spacial score (nSPS) is 12.3. The van der Waals surface area contributed by atoms with Crippen LogP contribution in [-0.4, -0.2) is 31.8 Å². The number of hydrogen-bond acceptors (Lipinski definition) is 5. The first kappa shape index (κ1) is 16.5.